The maximum atomic E-state index is 13.1. The van der Waals surface area contributed by atoms with Gasteiger partial charge in [-0.3, -0.25) is 13.9 Å². The third kappa shape index (κ3) is 2.88. The van der Waals surface area contributed by atoms with Crippen LogP contribution in [-0.4, -0.2) is 22.2 Å². The molecule has 0 saturated heterocycles. The molecular weight excluding hydrogens is 348 g/mol. The van der Waals surface area contributed by atoms with Gasteiger partial charge in [0.1, 0.15) is 4.83 Å². The van der Waals surface area contributed by atoms with Crippen LogP contribution in [0.15, 0.2) is 21.7 Å². The lowest BCUT2D eigenvalue weighted by Gasteiger charge is -2.26. The van der Waals surface area contributed by atoms with Crippen molar-refractivity contribution in [1.82, 2.24) is 14.5 Å². The summed E-state index contributed by atoms with van der Waals surface area (Å²) in [6.45, 7) is 8.64. The molecule has 2 aromatic rings. The lowest BCUT2D eigenvalue weighted by molar-refractivity contribution is 0.274. The van der Waals surface area contributed by atoms with Crippen molar-refractivity contribution in [2.24, 2.45) is 11.7 Å². The summed E-state index contributed by atoms with van der Waals surface area (Å²) in [5.74, 6) is 0.547. The molecule has 4 rings (SSSR count). The van der Waals surface area contributed by atoms with Gasteiger partial charge in [0.15, 0.2) is 0 Å². The van der Waals surface area contributed by atoms with Gasteiger partial charge in [-0.2, -0.15) is 0 Å². The van der Waals surface area contributed by atoms with Crippen molar-refractivity contribution in [2.45, 2.75) is 51.7 Å². The van der Waals surface area contributed by atoms with Crippen molar-refractivity contribution in [3.05, 3.63) is 43.4 Å². The number of fused-ring (bicyclic) bond motifs is 1. The smallest absolute Gasteiger partial charge is 0.329 e. The highest BCUT2D eigenvalue weighted by Gasteiger charge is 2.34. The van der Waals surface area contributed by atoms with Gasteiger partial charge in [-0.05, 0) is 37.7 Å². The van der Waals surface area contributed by atoms with Crippen LogP contribution in [0.4, 0.5) is 0 Å². The lowest BCUT2D eigenvalue weighted by Crippen LogP contribution is -2.41. The molecule has 2 aliphatic rings. The van der Waals surface area contributed by atoms with Crippen LogP contribution >= 0.6 is 11.3 Å². The number of thiophene rings is 1. The summed E-state index contributed by atoms with van der Waals surface area (Å²) in [6.07, 6.45) is 4.30. The van der Waals surface area contributed by atoms with E-state index in [1.165, 1.54) is 23.8 Å². The number of nitrogens with one attached hydrogen (secondary N) is 1. The first-order valence-corrected chi connectivity index (χ1v) is 10.2. The van der Waals surface area contributed by atoms with E-state index in [9.17, 15) is 9.59 Å². The number of hydrogen-bond donors (Lipinski definition) is 2. The molecule has 140 valence electrons. The summed E-state index contributed by atoms with van der Waals surface area (Å²) in [7, 11) is 0. The fourth-order valence-electron chi connectivity index (χ4n) is 3.72. The number of nitrogens with two attached hydrogens (primary N) is 1. The highest BCUT2D eigenvalue weighted by atomic mass is 32.1. The second kappa shape index (κ2) is 6.79. The molecular formula is C19H26N4O2S. The second-order valence-corrected chi connectivity index (χ2v) is 8.62. The monoisotopic (exact) mass is 374 g/mol. The minimum absolute atomic E-state index is 0.120. The normalized spacial score (nSPS) is 19.9. The van der Waals surface area contributed by atoms with E-state index in [1.807, 2.05) is 11.5 Å². The van der Waals surface area contributed by atoms with Crippen molar-refractivity contribution in [2.75, 3.05) is 13.1 Å². The van der Waals surface area contributed by atoms with Gasteiger partial charge in [0.2, 0.25) is 0 Å². The van der Waals surface area contributed by atoms with Crippen LogP contribution in [-0.2, 0) is 13.1 Å². The van der Waals surface area contributed by atoms with Crippen LogP contribution in [0, 0.1) is 12.8 Å². The molecule has 6 nitrogen and oxygen atoms in total. The number of aryl methyl sites for hydroxylation is 1. The van der Waals surface area contributed by atoms with Crippen molar-refractivity contribution in [3.8, 4) is 0 Å². The van der Waals surface area contributed by atoms with Crippen LogP contribution in [0.3, 0.4) is 0 Å². The van der Waals surface area contributed by atoms with Crippen molar-refractivity contribution in [1.29, 1.82) is 0 Å². The first kappa shape index (κ1) is 17.7. The van der Waals surface area contributed by atoms with Gasteiger partial charge in [0, 0.05) is 31.1 Å². The van der Waals surface area contributed by atoms with Gasteiger partial charge in [0.05, 0.1) is 11.4 Å². The molecule has 1 atom stereocenters. The van der Waals surface area contributed by atoms with Crippen molar-refractivity contribution >= 4 is 21.6 Å². The number of rotatable bonds is 7. The van der Waals surface area contributed by atoms with Crippen molar-refractivity contribution < 1.29 is 0 Å². The molecule has 0 bridgehead atoms. The minimum Gasteiger partial charge on any atom is -0.329 e. The molecule has 0 aliphatic heterocycles. The number of hydrogen-bond acceptors (Lipinski definition) is 5. The molecule has 2 heterocycles. The molecule has 0 radical (unpaired) electrons. The second-order valence-electron chi connectivity index (χ2n) is 7.54. The van der Waals surface area contributed by atoms with Gasteiger partial charge in [-0.15, -0.1) is 11.3 Å². The Kier molecular flexibility index (Phi) is 4.62. The Hall–Kier alpha value is -1.70. The standard InChI is InChI=1S/C19H26N4O2S/c1-11-8-14(11)23-17(24)16-12(2)15(9-21-7-6-20)26-18(16)22(19(23)25)10-13-4-3-5-13/h13-14,21H,1,3-10,20H2,2H3/t14-/m0/s1. The molecule has 2 aromatic heterocycles. The Morgan fingerprint density at radius 2 is 2.08 bits per heavy atom. The quantitative estimate of drug-likeness (QED) is 0.573. The summed E-state index contributed by atoms with van der Waals surface area (Å²) in [5, 5.41) is 4.01. The molecule has 0 unspecified atom stereocenters. The summed E-state index contributed by atoms with van der Waals surface area (Å²) >= 11 is 1.57. The molecule has 0 amide bonds. The van der Waals surface area contributed by atoms with Crippen molar-refractivity contribution in [3.63, 3.8) is 0 Å². The Labute approximate surface area is 156 Å². The number of nitrogens with zero attached hydrogens (tertiary/aromatic N) is 2. The van der Waals surface area contributed by atoms with Gasteiger partial charge in [-0.25, -0.2) is 4.79 Å². The SMILES string of the molecule is C=C1C[C@@H]1n1c(=O)c2c(C)c(CNCCN)sc2n(CC2CCC2)c1=O. The average molecular weight is 375 g/mol. The van der Waals surface area contributed by atoms with E-state index in [0.29, 0.717) is 30.9 Å². The summed E-state index contributed by atoms with van der Waals surface area (Å²) in [4.78, 5) is 28.2. The van der Waals surface area contributed by atoms with Gasteiger partial charge in [0.25, 0.3) is 5.56 Å². The lowest BCUT2D eigenvalue weighted by atomic mass is 9.85. The predicted molar refractivity (Wildman–Crippen MR) is 106 cm³/mol. The minimum atomic E-state index is -0.166. The fraction of sp³-hybridized carbons (Fsp3) is 0.579. The molecule has 0 spiro atoms. The molecule has 26 heavy (non-hydrogen) atoms. The summed E-state index contributed by atoms with van der Waals surface area (Å²) < 4.78 is 3.30. The zero-order valence-corrected chi connectivity index (χ0v) is 16.0. The number of aromatic nitrogens is 2. The molecule has 2 aliphatic carbocycles. The van der Waals surface area contributed by atoms with E-state index < -0.39 is 0 Å². The van der Waals surface area contributed by atoms with Gasteiger partial charge < -0.3 is 11.1 Å². The van der Waals surface area contributed by atoms with E-state index in [1.54, 1.807) is 11.3 Å². The van der Waals surface area contributed by atoms with E-state index in [2.05, 4.69) is 11.9 Å². The van der Waals surface area contributed by atoms with E-state index in [-0.39, 0.29) is 17.3 Å². The van der Waals surface area contributed by atoms with Crippen LogP contribution < -0.4 is 22.3 Å². The molecule has 2 fully saturated rings. The third-order valence-electron chi connectivity index (χ3n) is 5.69. The van der Waals surface area contributed by atoms with Gasteiger partial charge >= 0.3 is 5.69 Å². The Balaban J connectivity index is 1.87. The van der Waals surface area contributed by atoms with Gasteiger partial charge in [-0.1, -0.05) is 18.6 Å². The van der Waals surface area contributed by atoms with E-state index in [4.69, 9.17) is 5.73 Å². The Morgan fingerprint density at radius 3 is 2.65 bits per heavy atom. The zero-order valence-electron chi connectivity index (χ0n) is 15.2. The largest absolute Gasteiger partial charge is 0.332 e. The molecule has 0 aromatic carbocycles. The fourth-order valence-corrected chi connectivity index (χ4v) is 4.98. The predicted octanol–water partition coefficient (Wildman–Crippen LogP) is 1.88. The first-order chi connectivity index (χ1) is 12.5. The van der Waals surface area contributed by atoms with E-state index >= 15 is 0 Å². The highest BCUT2D eigenvalue weighted by Crippen LogP contribution is 2.40. The first-order valence-electron chi connectivity index (χ1n) is 9.38. The maximum absolute atomic E-state index is 13.1. The topological polar surface area (TPSA) is 82.0 Å². The average Bonchev–Trinajstić information content (AvgIpc) is 3.17. The Bertz CT molecular complexity index is 980. The maximum Gasteiger partial charge on any atom is 0.332 e. The van der Waals surface area contributed by atoms with E-state index in [0.717, 1.165) is 33.8 Å². The molecule has 3 N–H and O–H groups in total. The van der Waals surface area contributed by atoms with Crippen LogP contribution in [0.25, 0.3) is 10.2 Å². The van der Waals surface area contributed by atoms with Crippen LogP contribution in [0.2, 0.25) is 0 Å². The summed E-state index contributed by atoms with van der Waals surface area (Å²) in [6, 6.07) is -0.120. The molecule has 2 saturated carbocycles. The molecule has 7 heteroatoms. The van der Waals surface area contributed by atoms with Crippen LogP contribution in [0.1, 0.15) is 42.2 Å². The Morgan fingerprint density at radius 1 is 1.35 bits per heavy atom. The van der Waals surface area contributed by atoms with Crippen LogP contribution in [0.5, 0.6) is 0 Å². The summed E-state index contributed by atoms with van der Waals surface area (Å²) in [5.41, 5.74) is 7.19. The highest BCUT2D eigenvalue weighted by molar-refractivity contribution is 7.18. The zero-order chi connectivity index (χ0) is 18.4. The third-order valence-corrected chi connectivity index (χ3v) is 7.01. The number of allylic oxidation sites excluding steroid dienone is 1.